The number of unbranched alkanes of at least 4 members (excludes halogenated alkanes) is 1. The lowest BCUT2D eigenvalue weighted by Crippen LogP contribution is -2.16. The molecule has 0 saturated carbocycles. The Kier molecular flexibility index (Phi) is 7.14. The summed E-state index contributed by atoms with van der Waals surface area (Å²) in [7, 11) is 0. The molecule has 3 heteroatoms. The summed E-state index contributed by atoms with van der Waals surface area (Å²) in [4.78, 5) is 0. The van der Waals surface area contributed by atoms with Crippen molar-refractivity contribution >= 4 is 61.5 Å². The quantitative estimate of drug-likeness (QED) is 0.102. The van der Waals surface area contributed by atoms with Crippen LogP contribution in [0, 0.1) is 13.8 Å². The molecule has 0 N–H and O–H groups in total. The molecular weight excluding hydrogens is 496 g/mol. The van der Waals surface area contributed by atoms with E-state index in [4.69, 9.17) is 11.6 Å². The molecule has 2 nitrogen and oxygen atoms in total. The van der Waals surface area contributed by atoms with E-state index in [-0.39, 0.29) is 0 Å². The lowest BCUT2D eigenvalue weighted by atomic mass is 9.99. The summed E-state index contributed by atoms with van der Waals surface area (Å²) < 4.78 is 4.94. The molecule has 5 aromatic rings. The summed E-state index contributed by atoms with van der Waals surface area (Å²) in [6.45, 7) is 8.62. The second kappa shape index (κ2) is 10.9. The smallest absolute Gasteiger partial charge is 0.214 e. The summed E-state index contributed by atoms with van der Waals surface area (Å²) in [5.41, 5.74) is 7.92. The molecule has 196 valence electrons. The Bertz CT molecular complexity index is 1850. The normalized spacial score (nSPS) is 14.1. The number of alkyl halides is 1. The molecule has 1 aliphatic heterocycles. The van der Waals surface area contributed by atoms with Crippen LogP contribution in [0.3, 0.4) is 0 Å². The molecule has 6 rings (SSSR count). The van der Waals surface area contributed by atoms with Crippen molar-refractivity contribution in [3.05, 3.63) is 107 Å². The lowest BCUT2D eigenvalue weighted by Gasteiger charge is -2.06. The van der Waals surface area contributed by atoms with Gasteiger partial charge in [-0.1, -0.05) is 74.0 Å². The van der Waals surface area contributed by atoms with E-state index in [1.54, 1.807) is 0 Å². The van der Waals surface area contributed by atoms with Gasteiger partial charge in [0.1, 0.15) is 6.54 Å². The maximum atomic E-state index is 6.11. The standard InChI is InChI=1S/C36H36ClN2/c1-4-5-23-38-31(29-14-9-12-27-25(2)18-20-33(38)35(27)29)16-7-6-8-17-32-30-15-10-13-28-26(3)19-21-34(36(28)30)39(32)24-11-22-37/h6-10,12-21H,4-5,11,22-24H2,1-3H3/q+1. The minimum atomic E-state index is 0.662. The molecule has 0 unspecified atom stereocenters. The van der Waals surface area contributed by atoms with Crippen LogP contribution in [0.15, 0.2) is 85.0 Å². The fourth-order valence-corrected chi connectivity index (χ4v) is 6.35. The van der Waals surface area contributed by atoms with Crippen molar-refractivity contribution in [3.63, 3.8) is 0 Å². The third kappa shape index (κ3) is 4.41. The van der Waals surface area contributed by atoms with Gasteiger partial charge in [-0.15, -0.1) is 11.6 Å². The Labute approximate surface area is 236 Å². The summed E-state index contributed by atoms with van der Waals surface area (Å²) in [5.74, 6) is 0.662. The minimum Gasteiger partial charge on any atom is -0.340 e. The van der Waals surface area contributed by atoms with Gasteiger partial charge in [-0.2, -0.15) is 4.58 Å². The van der Waals surface area contributed by atoms with Crippen LogP contribution >= 0.6 is 11.6 Å². The molecular formula is C36H36ClN2+. The molecule has 0 fully saturated rings. The van der Waals surface area contributed by atoms with Crippen molar-refractivity contribution < 1.29 is 4.58 Å². The van der Waals surface area contributed by atoms with Crippen molar-refractivity contribution in [3.8, 4) is 0 Å². The first-order valence-corrected chi connectivity index (χ1v) is 14.8. The second-order valence-electron chi connectivity index (χ2n) is 10.6. The number of hydrogen-bond donors (Lipinski definition) is 0. The van der Waals surface area contributed by atoms with E-state index in [1.165, 1.54) is 78.7 Å². The highest BCUT2D eigenvalue weighted by molar-refractivity contribution is 6.20. The van der Waals surface area contributed by atoms with E-state index in [9.17, 15) is 0 Å². The number of benzene rings is 4. The predicted molar refractivity (Wildman–Crippen MR) is 170 cm³/mol. The molecule has 0 radical (unpaired) electrons. The van der Waals surface area contributed by atoms with E-state index in [0.29, 0.717) is 5.88 Å². The highest BCUT2D eigenvalue weighted by Crippen LogP contribution is 2.37. The first-order valence-electron chi connectivity index (χ1n) is 14.2. The average molecular weight is 532 g/mol. The highest BCUT2D eigenvalue weighted by Gasteiger charge is 2.30. The van der Waals surface area contributed by atoms with Gasteiger partial charge in [-0.3, -0.25) is 0 Å². The van der Waals surface area contributed by atoms with Crippen molar-refractivity contribution in [2.75, 3.05) is 12.4 Å². The van der Waals surface area contributed by atoms with Crippen LogP contribution in [0.25, 0.3) is 38.5 Å². The van der Waals surface area contributed by atoms with Gasteiger partial charge >= 0.3 is 0 Å². The molecule has 4 aromatic carbocycles. The number of allylic oxidation sites excluding steroid dienone is 4. The third-order valence-corrected chi connectivity index (χ3v) is 8.44. The Balaban J connectivity index is 1.40. The van der Waals surface area contributed by atoms with E-state index < -0.39 is 0 Å². The molecule has 0 aliphatic carbocycles. The topological polar surface area (TPSA) is 7.94 Å². The van der Waals surface area contributed by atoms with E-state index in [0.717, 1.165) is 19.5 Å². The number of halogens is 1. The molecule has 0 bridgehead atoms. The van der Waals surface area contributed by atoms with Gasteiger partial charge in [-0.05, 0) is 60.4 Å². The van der Waals surface area contributed by atoms with Crippen LogP contribution in [0.4, 0.5) is 5.69 Å². The number of nitrogens with zero attached hydrogens (tertiary/aromatic N) is 2. The monoisotopic (exact) mass is 531 g/mol. The maximum Gasteiger partial charge on any atom is 0.214 e. The van der Waals surface area contributed by atoms with Crippen LogP contribution in [0.5, 0.6) is 0 Å². The zero-order valence-electron chi connectivity index (χ0n) is 23.2. The first kappa shape index (κ1) is 25.6. The van der Waals surface area contributed by atoms with Crippen molar-refractivity contribution in [2.24, 2.45) is 0 Å². The predicted octanol–water partition coefficient (Wildman–Crippen LogP) is 8.75. The zero-order chi connectivity index (χ0) is 26.9. The second-order valence-corrected chi connectivity index (χ2v) is 11.0. The van der Waals surface area contributed by atoms with E-state index >= 15 is 0 Å². The fourth-order valence-electron chi connectivity index (χ4n) is 6.23. The summed E-state index contributed by atoms with van der Waals surface area (Å²) >= 11 is 6.11. The van der Waals surface area contributed by atoms with Crippen molar-refractivity contribution in [1.82, 2.24) is 4.57 Å². The summed E-state index contributed by atoms with van der Waals surface area (Å²) in [6.07, 6.45) is 14.4. The largest absolute Gasteiger partial charge is 0.340 e. The number of aryl methyl sites for hydroxylation is 3. The molecule has 0 saturated heterocycles. The molecule has 0 spiro atoms. The van der Waals surface area contributed by atoms with Crippen LogP contribution in [0.2, 0.25) is 0 Å². The van der Waals surface area contributed by atoms with Crippen LogP contribution in [0.1, 0.15) is 42.9 Å². The number of hydrogen-bond acceptors (Lipinski definition) is 0. The van der Waals surface area contributed by atoms with Crippen molar-refractivity contribution in [1.29, 1.82) is 0 Å². The zero-order valence-corrected chi connectivity index (χ0v) is 23.9. The molecule has 0 amide bonds. The van der Waals surface area contributed by atoms with E-state index in [2.05, 4.69) is 121 Å². The Morgan fingerprint density at radius 1 is 0.795 bits per heavy atom. The fraction of sp³-hybridized carbons (Fsp3) is 0.250. The van der Waals surface area contributed by atoms with Gasteiger partial charge in [-0.25, -0.2) is 0 Å². The van der Waals surface area contributed by atoms with Gasteiger partial charge in [0.15, 0.2) is 0 Å². The van der Waals surface area contributed by atoms with Gasteiger partial charge in [0.05, 0.1) is 10.9 Å². The Morgan fingerprint density at radius 2 is 1.54 bits per heavy atom. The highest BCUT2D eigenvalue weighted by atomic mass is 35.5. The minimum absolute atomic E-state index is 0.662. The molecule has 1 aromatic heterocycles. The Morgan fingerprint density at radius 3 is 2.33 bits per heavy atom. The van der Waals surface area contributed by atoms with Crippen molar-refractivity contribution in [2.45, 2.75) is 46.6 Å². The third-order valence-electron chi connectivity index (χ3n) is 8.17. The Hall–Kier alpha value is -3.62. The first-order chi connectivity index (χ1) is 19.1. The van der Waals surface area contributed by atoms with Crippen LogP contribution in [-0.2, 0) is 6.54 Å². The van der Waals surface area contributed by atoms with E-state index in [1.807, 2.05) is 0 Å². The average Bonchev–Trinajstić information content (AvgIpc) is 3.43. The van der Waals surface area contributed by atoms with Gasteiger partial charge in [0.25, 0.3) is 0 Å². The lowest BCUT2D eigenvalue weighted by molar-refractivity contribution is -0.436. The molecule has 0 atom stereocenters. The molecule has 2 heterocycles. The molecule has 1 aliphatic rings. The summed E-state index contributed by atoms with van der Waals surface area (Å²) in [5, 5.41) is 8.00. The SMILES string of the molecule is CCCC[N+]1=C(/C=C/C=C/C=c2/c3cccc4c(C)ccc(c43)n2CCCCl)c2cccc3c(C)ccc1c23. The van der Waals surface area contributed by atoms with Gasteiger partial charge < -0.3 is 4.57 Å². The number of rotatable bonds is 9. The van der Waals surface area contributed by atoms with Gasteiger partial charge in [0.2, 0.25) is 11.4 Å². The number of aromatic nitrogens is 1. The molecule has 39 heavy (non-hydrogen) atoms. The maximum absolute atomic E-state index is 6.11. The van der Waals surface area contributed by atoms with Crippen LogP contribution in [-0.4, -0.2) is 27.3 Å². The summed E-state index contributed by atoms with van der Waals surface area (Å²) in [6, 6.07) is 22.5. The van der Waals surface area contributed by atoms with Crippen LogP contribution < -0.4 is 5.35 Å². The van der Waals surface area contributed by atoms with Gasteiger partial charge in [0, 0.05) is 52.6 Å².